The standard InChI is InChI=1S/C15H13NO4S/c1-10-9-11(15(17)20-2)3-8-14(10)21-13-6-4-12(5-7-13)16(18)19/h3-9H,1-2H3. The third-order valence-corrected chi connectivity index (χ3v) is 4.06. The number of non-ortho nitro benzene ring substituents is 1. The third kappa shape index (κ3) is 3.61. The molecule has 0 bridgehead atoms. The summed E-state index contributed by atoms with van der Waals surface area (Å²) < 4.78 is 4.68. The number of carbonyl (C=O) groups is 1. The fourth-order valence-corrected chi connectivity index (χ4v) is 2.65. The van der Waals surface area contributed by atoms with Crippen LogP contribution >= 0.6 is 11.8 Å². The molecule has 2 aromatic carbocycles. The average Bonchev–Trinajstić information content (AvgIpc) is 2.49. The zero-order valence-electron chi connectivity index (χ0n) is 11.5. The van der Waals surface area contributed by atoms with Gasteiger partial charge in [-0.25, -0.2) is 4.79 Å². The summed E-state index contributed by atoms with van der Waals surface area (Å²) >= 11 is 1.49. The molecule has 0 aliphatic heterocycles. The van der Waals surface area contributed by atoms with Crippen LogP contribution in [-0.4, -0.2) is 18.0 Å². The van der Waals surface area contributed by atoms with E-state index in [1.54, 1.807) is 24.3 Å². The first-order chi connectivity index (χ1) is 10.0. The van der Waals surface area contributed by atoms with Gasteiger partial charge in [-0.3, -0.25) is 10.1 Å². The van der Waals surface area contributed by atoms with Crippen LogP contribution in [0.5, 0.6) is 0 Å². The maximum atomic E-state index is 11.4. The molecule has 0 aliphatic carbocycles. The Morgan fingerprint density at radius 3 is 2.38 bits per heavy atom. The molecule has 0 heterocycles. The molecule has 0 spiro atoms. The van der Waals surface area contributed by atoms with Gasteiger partial charge in [0.25, 0.3) is 5.69 Å². The van der Waals surface area contributed by atoms with Crippen molar-refractivity contribution in [1.82, 2.24) is 0 Å². The monoisotopic (exact) mass is 303 g/mol. The number of nitro benzene ring substituents is 1. The fourth-order valence-electron chi connectivity index (χ4n) is 1.77. The number of ether oxygens (including phenoxy) is 1. The Morgan fingerprint density at radius 2 is 1.86 bits per heavy atom. The van der Waals surface area contributed by atoms with Crippen LogP contribution in [0.2, 0.25) is 0 Å². The molecular formula is C15H13NO4S. The minimum Gasteiger partial charge on any atom is -0.465 e. The molecule has 0 fully saturated rings. The van der Waals surface area contributed by atoms with Crippen LogP contribution in [0, 0.1) is 17.0 Å². The van der Waals surface area contributed by atoms with Crippen LogP contribution in [0.4, 0.5) is 5.69 Å². The van der Waals surface area contributed by atoms with Gasteiger partial charge < -0.3 is 4.74 Å². The van der Waals surface area contributed by atoms with Crippen LogP contribution in [0.25, 0.3) is 0 Å². The number of nitrogens with zero attached hydrogens (tertiary/aromatic N) is 1. The van der Waals surface area contributed by atoms with Gasteiger partial charge in [-0.2, -0.15) is 0 Å². The summed E-state index contributed by atoms with van der Waals surface area (Å²) in [6.07, 6.45) is 0. The Kier molecular flexibility index (Phi) is 4.59. The van der Waals surface area contributed by atoms with E-state index in [2.05, 4.69) is 4.74 Å². The maximum Gasteiger partial charge on any atom is 0.337 e. The number of nitro groups is 1. The van der Waals surface area contributed by atoms with Crippen LogP contribution < -0.4 is 0 Å². The highest BCUT2D eigenvalue weighted by atomic mass is 32.2. The van der Waals surface area contributed by atoms with Crippen molar-refractivity contribution in [3.05, 3.63) is 63.7 Å². The highest BCUT2D eigenvalue weighted by molar-refractivity contribution is 7.99. The molecule has 2 aromatic rings. The Balaban J connectivity index is 2.19. The van der Waals surface area contributed by atoms with Crippen LogP contribution in [0.1, 0.15) is 15.9 Å². The Bertz CT molecular complexity index is 683. The van der Waals surface area contributed by atoms with Crippen molar-refractivity contribution >= 4 is 23.4 Å². The second kappa shape index (κ2) is 6.41. The third-order valence-electron chi connectivity index (χ3n) is 2.87. The van der Waals surface area contributed by atoms with Crippen molar-refractivity contribution in [2.24, 2.45) is 0 Å². The van der Waals surface area contributed by atoms with E-state index < -0.39 is 4.92 Å². The van der Waals surface area contributed by atoms with E-state index in [-0.39, 0.29) is 11.7 Å². The number of aryl methyl sites for hydroxylation is 1. The molecule has 0 radical (unpaired) electrons. The van der Waals surface area contributed by atoms with Crippen molar-refractivity contribution in [3.63, 3.8) is 0 Å². The molecule has 2 rings (SSSR count). The summed E-state index contributed by atoms with van der Waals surface area (Å²) in [6.45, 7) is 1.90. The quantitative estimate of drug-likeness (QED) is 0.487. The summed E-state index contributed by atoms with van der Waals surface area (Å²) in [6, 6.07) is 11.7. The average molecular weight is 303 g/mol. The molecule has 108 valence electrons. The zero-order valence-corrected chi connectivity index (χ0v) is 12.3. The van der Waals surface area contributed by atoms with E-state index in [0.717, 1.165) is 15.4 Å². The molecular weight excluding hydrogens is 290 g/mol. The summed E-state index contributed by atoms with van der Waals surface area (Å²) in [5.74, 6) is -0.370. The van der Waals surface area contributed by atoms with E-state index >= 15 is 0 Å². The van der Waals surface area contributed by atoms with Crippen molar-refractivity contribution in [2.75, 3.05) is 7.11 Å². The lowest BCUT2D eigenvalue weighted by atomic mass is 10.1. The summed E-state index contributed by atoms with van der Waals surface area (Å²) in [5.41, 5.74) is 1.52. The Morgan fingerprint density at radius 1 is 1.19 bits per heavy atom. The largest absolute Gasteiger partial charge is 0.465 e. The van der Waals surface area contributed by atoms with Gasteiger partial charge >= 0.3 is 5.97 Å². The minimum atomic E-state index is -0.426. The zero-order chi connectivity index (χ0) is 15.4. The molecule has 0 aliphatic rings. The fraction of sp³-hybridized carbons (Fsp3) is 0.133. The lowest BCUT2D eigenvalue weighted by Crippen LogP contribution is -2.01. The summed E-state index contributed by atoms with van der Waals surface area (Å²) in [4.78, 5) is 23.5. The van der Waals surface area contributed by atoms with E-state index in [9.17, 15) is 14.9 Å². The van der Waals surface area contributed by atoms with Crippen molar-refractivity contribution in [1.29, 1.82) is 0 Å². The van der Waals surface area contributed by atoms with Gasteiger partial charge in [-0.1, -0.05) is 11.8 Å². The van der Waals surface area contributed by atoms with Crippen molar-refractivity contribution < 1.29 is 14.5 Å². The van der Waals surface area contributed by atoms with E-state index in [4.69, 9.17) is 0 Å². The van der Waals surface area contributed by atoms with Gasteiger partial charge in [0.15, 0.2) is 0 Å². The predicted octanol–water partition coefficient (Wildman–Crippen LogP) is 3.84. The molecule has 21 heavy (non-hydrogen) atoms. The molecule has 0 amide bonds. The van der Waals surface area contributed by atoms with Gasteiger partial charge in [-0.05, 0) is 42.8 Å². The normalized spacial score (nSPS) is 10.2. The van der Waals surface area contributed by atoms with Crippen molar-refractivity contribution in [2.45, 2.75) is 16.7 Å². The second-order valence-corrected chi connectivity index (χ2v) is 5.44. The Labute approximate surface area is 126 Å². The van der Waals surface area contributed by atoms with Crippen LogP contribution in [0.3, 0.4) is 0 Å². The van der Waals surface area contributed by atoms with Gasteiger partial charge in [0.1, 0.15) is 0 Å². The first kappa shape index (κ1) is 15.1. The van der Waals surface area contributed by atoms with Gasteiger partial charge in [0.05, 0.1) is 17.6 Å². The SMILES string of the molecule is COC(=O)c1ccc(Sc2ccc([N+](=O)[O-])cc2)c(C)c1. The highest BCUT2D eigenvalue weighted by Crippen LogP contribution is 2.31. The number of hydrogen-bond acceptors (Lipinski definition) is 5. The molecule has 0 atom stereocenters. The highest BCUT2D eigenvalue weighted by Gasteiger charge is 2.09. The smallest absolute Gasteiger partial charge is 0.337 e. The van der Waals surface area contributed by atoms with Gasteiger partial charge in [-0.15, -0.1) is 0 Å². The lowest BCUT2D eigenvalue weighted by Gasteiger charge is -2.07. The molecule has 0 saturated carbocycles. The summed E-state index contributed by atoms with van der Waals surface area (Å²) in [5, 5.41) is 10.6. The maximum absolute atomic E-state index is 11.4. The van der Waals surface area contributed by atoms with E-state index in [0.29, 0.717) is 5.56 Å². The molecule has 0 unspecified atom stereocenters. The molecule has 5 nitrogen and oxygen atoms in total. The number of esters is 1. The van der Waals surface area contributed by atoms with E-state index in [1.165, 1.54) is 31.0 Å². The topological polar surface area (TPSA) is 69.4 Å². The summed E-state index contributed by atoms with van der Waals surface area (Å²) in [7, 11) is 1.34. The number of hydrogen-bond donors (Lipinski definition) is 0. The second-order valence-electron chi connectivity index (χ2n) is 4.32. The first-order valence-corrected chi connectivity index (χ1v) is 6.94. The van der Waals surface area contributed by atoms with Crippen LogP contribution in [-0.2, 0) is 4.74 Å². The molecule has 0 aromatic heterocycles. The number of carbonyl (C=O) groups excluding carboxylic acids is 1. The number of benzene rings is 2. The number of methoxy groups -OCH3 is 1. The number of rotatable bonds is 4. The molecule has 0 N–H and O–H groups in total. The lowest BCUT2D eigenvalue weighted by molar-refractivity contribution is -0.384. The molecule has 6 heteroatoms. The Hall–Kier alpha value is -2.34. The van der Waals surface area contributed by atoms with E-state index in [1.807, 2.05) is 13.0 Å². The first-order valence-electron chi connectivity index (χ1n) is 6.12. The minimum absolute atomic E-state index is 0.0668. The van der Waals surface area contributed by atoms with Crippen molar-refractivity contribution in [3.8, 4) is 0 Å². The molecule has 0 saturated heterocycles. The van der Waals surface area contributed by atoms with Crippen LogP contribution in [0.15, 0.2) is 52.3 Å². The predicted molar refractivity (Wildman–Crippen MR) is 79.7 cm³/mol. The van der Waals surface area contributed by atoms with Gasteiger partial charge in [0, 0.05) is 21.9 Å². The van der Waals surface area contributed by atoms with Gasteiger partial charge in [0.2, 0.25) is 0 Å².